The molecule has 1 aromatic carbocycles. The van der Waals surface area contributed by atoms with Gasteiger partial charge in [-0.25, -0.2) is 9.55 Å². The summed E-state index contributed by atoms with van der Waals surface area (Å²) in [5.74, 6) is 1.01. The number of imidazole rings is 1. The first-order chi connectivity index (χ1) is 8.25. The lowest BCUT2D eigenvalue weighted by Crippen LogP contribution is -2.25. The quantitative estimate of drug-likeness (QED) is 0.580. The highest BCUT2D eigenvalue weighted by Crippen LogP contribution is 2.22. The Morgan fingerprint density at radius 1 is 1.06 bits per heavy atom. The molecule has 2 aromatic heterocycles. The molecule has 0 saturated carbocycles. The highest BCUT2D eigenvalue weighted by molar-refractivity contribution is 5.80. The van der Waals surface area contributed by atoms with Gasteiger partial charge in [0, 0.05) is 24.7 Å². The van der Waals surface area contributed by atoms with E-state index in [4.69, 9.17) is 0 Å². The molecular weight excluding hydrogens is 210 g/mol. The zero-order chi connectivity index (χ0) is 11.8. The smallest absolute Gasteiger partial charge is 0.169 e. The van der Waals surface area contributed by atoms with E-state index in [2.05, 4.69) is 34.8 Å². The molecule has 17 heavy (non-hydrogen) atoms. The van der Waals surface area contributed by atoms with Crippen LogP contribution in [-0.4, -0.2) is 9.55 Å². The van der Waals surface area contributed by atoms with Gasteiger partial charge in [-0.1, -0.05) is 12.1 Å². The number of pyridine rings is 1. The molecule has 2 heterocycles. The van der Waals surface area contributed by atoms with Crippen LogP contribution in [0.15, 0.2) is 48.8 Å². The molecule has 3 rings (SSSR count). The van der Waals surface area contributed by atoms with Gasteiger partial charge in [-0.3, -0.25) is 0 Å². The fourth-order valence-electron chi connectivity index (χ4n) is 2.05. The number of aryl methyl sites for hydroxylation is 2. The van der Waals surface area contributed by atoms with Crippen molar-refractivity contribution in [2.45, 2.75) is 0 Å². The van der Waals surface area contributed by atoms with Crippen LogP contribution in [0.2, 0.25) is 0 Å². The average molecular weight is 224 g/mol. The van der Waals surface area contributed by atoms with Crippen molar-refractivity contribution in [1.29, 1.82) is 0 Å². The first-order valence-electron chi connectivity index (χ1n) is 5.63. The van der Waals surface area contributed by atoms with Gasteiger partial charge in [-0.05, 0) is 12.1 Å². The van der Waals surface area contributed by atoms with Crippen LogP contribution < -0.4 is 4.57 Å². The molecule has 84 valence electrons. The van der Waals surface area contributed by atoms with Gasteiger partial charge in [0.25, 0.3) is 0 Å². The third kappa shape index (κ3) is 1.60. The normalized spacial score (nSPS) is 10.9. The van der Waals surface area contributed by atoms with E-state index in [1.54, 1.807) is 0 Å². The minimum atomic E-state index is 1.01. The van der Waals surface area contributed by atoms with Gasteiger partial charge in [-0.15, -0.1) is 0 Å². The Balaban J connectivity index is 2.24. The van der Waals surface area contributed by atoms with Gasteiger partial charge in [0.15, 0.2) is 12.4 Å². The SMILES string of the molecule is Cn1c(-c2cc[n+](C)cc2)nc2ccccc21. The number of rotatable bonds is 1. The highest BCUT2D eigenvalue weighted by Gasteiger charge is 2.09. The van der Waals surface area contributed by atoms with Crippen molar-refractivity contribution in [3.05, 3.63) is 48.8 Å². The van der Waals surface area contributed by atoms with Gasteiger partial charge >= 0.3 is 0 Å². The van der Waals surface area contributed by atoms with E-state index in [9.17, 15) is 0 Å². The Bertz CT molecular complexity index is 666. The molecule has 0 atom stereocenters. The van der Waals surface area contributed by atoms with Gasteiger partial charge < -0.3 is 4.57 Å². The van der Waals surface area contributed by atoms with Gasteiger partial charge in [0.05, 0.1) is 11.0 Å². The first-order valence-corrected chi connectivity index (χ1v) is 5.63. The number of hydrogen-bond acceptors (Lipinski definition) is 1. The lowest BCUT2D eigenvalue weighted by Gasteiger charge is -2.00. The number of fused-ring (bicyclic) bond motifs is 1. The molecule has 0 aliphatic carbocycles. The monoisotopic (exact) mass is 224 g/mol. The van der Waals surface area contributed by atoms with Crippen LogP contribution in [0, 0.1) is 0 Å². The van der Waals surface area contributed by atoms with Crippen molar-refractivity contribution in [2.24, 2.45) is 14.1 Å². The summed E-state index contributed by atoms with van der Waals surface area (Å²) in [7, 11) is 4.07. The van der Waals surface area contributed by atoms with Crippen LogP contribution in [0.3, 0.4) is 0 Å². The Hall–Kier alpha value is -2.16. The number of hydrogen-bond donors (Lipinski definition) is 0. The molecule has 0 fully saturated rings. The van der Waals surface area contributed by atoms with Crippen molar-refractivity contribution in [3.63, 3.8) is 0 Å². The molecule has 0 amide bonds. The summed E-state index contributed by atoms with van der Waals surface area (Å²) < 4.78 is 4.15. The zero-order valence-electron chi connectivity index (χ0n) is 9.96. The lowest BCUT2D eigenvalue weighted by atomic mass is 10.2. The predicted molar refractivity (Wildman–Crippen MR) is 67.3 cm³/mol. The van der Waals surface area contributed by atoms with E-state index in [1.165, 1.54) is 0 Å². The van der Waals surface area contributed by atoms with Crippen LogP contribution in [0.4, 0.5) is 0 Å². The molecule has 0 aliphatic rings. The standard InChI is InChI=1S/C14H14N3/c1-16-9-7-11(8-10-16)14-15-12-5-3-4-6-13(12)17(14)2/h3-10H,1-2H3/q+1. The van der Waals surface area contributed by atoms with Crippen molar-refractivity contribution in [1.82, 2.24) is 9.55 Å². The third-order valence-corrected chi connectivity index (χ3v) is 3.02. The number of benzene rings is 1. The fourth-order valence-corrected chi connectivity index (χ4v) is 2.05. The molecule has 0 aliphatic heterocycles. The second kappa shape index (κ2) is 3.70. The topological polar surface area (TPSA) is 21.7 Å². The summed E-state index contributed by atoms with van der Waals surface area (Å²) in [6, 6.07) is 12.4. The van der Waals surface area contributed by atoms with Crippen LogP contribution in [0.25, 0.3) is 22.4 Å². The molecule has 3 aromatic rings. The second-order valence-electron chi connectivity index (χ2n) is 4.24. The highest BCUT2D eigenvalue weighted by atomic mass is 15.1. The third-order valence-electron chi connectivity index (χ3n) is 3.02. The predicted octanol–water partition coefficient (Wildman–Crippen LogP) is 2.06. The number of aromatic nitrogens is 3. The summed E-state index contributed by atoms with van der Waals surface area (Å²) in [6.45, 7) is 0. The van der Waals surface area contributed by atoms with E-state index in [-0.39, 0.29) is 0 Å². The average Bonchev–Trinajstić information content (AvgIpc) is 2.69. The minimum absolute atomic E-state index is 1.01. The van der Waals surface area contributed by atoms with Gasteiger partial charge in [0.1, 0.15) is 12.9 Å². The number of nitrogens with zero attached hydrogens (tertiary/aromatic N) is 3. The van der Waals surface area contributed by atoms with Crippen molar-refractivity contribution < 1.29 is 4.57 Å². The molecular formula is C14H14N3+. The van der Waals surface area contributed by atoms with Crippen LogP contribution in [0.5, 0.6) is 0 Å². The van der Waals surface area contributed by atoms with Crippen molar-refractivity contribution in [3.8, 4) is 11.4 Å². The van der Waals surface area contributed by atoms with Gasteiger partial charge in [0.2, 0.25) is 0 Å². The molecule has 0 N–H and O–H groups in total. The van der Waals surface area contributed by atoms with Crippen molar-refractivity contribution in [2.75, 3.05) is 0 Å². The van der Waals surface area contributed by atoms with Crippen LogP contribution in [-0.2, 0) is 14.1 Å². The summed E-state index contributed by atoms with van der Waals surface area (Å²) in [5, 5.41) is 0. The molecule has 0 bridgehead atoms. The molecule has 0 saturated heterocycles. The summed E-state index contributed by atoms with van der Waals surface area (Å²) >= 11 is 0. The van der Waals surface area contributed by atoms with Gasteiger partial charge in [-0.2, -0.15) is 0 Å². The lowest BCUT2D eigenvalue weighted by molar-refractivity contribution is -0.671. The van der Waals surface area contributed by atoms with E-state index < -0.39 is 0 Å². The molecule has 3 nitrogen and oxygen atoms in total. The maximum absolute atomic E-state index is 4.67. The first kappa shape index (κ1) is 10.0. The molecule has 0 radical (unpaired) electrons. The Morgan fingerprint density at radius 2 is 1.76 bits per heavy atom. The summed E-state index contributed by atoms with van der Waals surface area (Å²) in [6.07, 6.45) is 4.07. The molecule has 0 spiro atoms. The van der Waals surface area contributed by atoms with Crippen LogP contribution >= 0.6 is 0 Å². The Kier molecular flexibility index (Phi) is 2.18. The Morgan fingerprint density at radius 3 is 2.47 bits per heavy atom. The maximum atomic E-state index is 4.67. The number of para-hydroxylation sites is 2. The Labute approximate surface area is 100.0 Å². The van der Waals surface area contributed by atoms with E-state index in [0.29, 0.717) is 0 Å². The van der Waals surface area contributed by atoms with E-state index in [0.717, 1.165) is 22.4 Å². The van der Waals surface area contributed by atoms with E-state index in [1.807, 2.05) is 42.2 Å². The zero-order valence-corrected chi connectivity index (χ0v) is 9.96. The molecule has 0 unspecified atom stereocenters. The van der Waals surface area contributed by atoms with Crippen LogP contribution in [0.1, 0.15) is 0 Å². The summed E-state index contributed by atoms with van der Waals surface area (Å²) in [4.78, 5) is 4.67. The maximum Gasteiger partial charge on any atom is 0.169 e. The minimum Gasteiger partial charge on any atom is -0.327 e. The van der Waals surface area contributed by atoms with Crippen molar-refractivity contribution >= 4 is 11.0 Å². The molecule has 3 heteroatoms. The second-order valence-corrected chi connectivity index (χ2v) is 4.24. The fraction of sp³-hybridized carbons (Fsp3) is 0.143. The largest absolute Gasteiger partial charge is 0.327 e. The summed E-state index contributed by atoms with van der Waals surface area (Å²) in [5.41, 5.74) is 3.34. The van der Waals surface area contributed by atoms with E-state index >= 15 is 0 Å².